The summed E-state index contributed by atoms with van der Waals surface area (Å²) in [5.74, 6) is -0.424. The summed E-state index contributed by atoms with van der Waals surface area (Å²) in [5.41, 5.74) is -0.271. The maximum Gasteiger partial charge on any atom is 0.416 e. The molecule has 2 atom stereocenters. The number of carbonyl (C=O) groups excluding carboxylic acids is 1. The number of ether oxygens (including phenoxy) is 1. The Morgan fingerprint density at radius 1 is 1.42 bits per heavy atom. The molecule has 0 saturated carbocycles. The number of hydrogen-bond acceptors (Lipinski definition) is 4. The third kappa shape index (κ3) is 4.95. The molecule has 2 rings (SSSR count). The zero-order chi connectivity index (χ0) is 17.7. The van der Waals surface area contributed by atoms with E-state index in [-0.39, 0.29) is 19.5 Å². The Morgan fingerprint density at radius 3 is 2.83 bits per heavy atom. The lowest BCUT2D eigenvalue weighted by Gasteiger charge is -2.23. The van der Waals surface area contributed by atoms with Gasteiger partial charge in [0.2, 0.25) is 0 Å². The number of β-amino-alcohol motifs (C(OH)–C–C–N with tert-alkyl or cyclic N) is 1. The lowest BCUT2D eigenvalue weighted by molar-refractivity contribution is -0.149. The topological polar surface area (TPSA) is 49.8 Å². The molecule has 1 aromatic carbocycles. The number of hydrogen-bond donors (Lipinski definition) is 1. The van der Waals surface area contributed by atoms with Crippen molar-refractivity contribution in [2.24, 2.45) is 0 Å². The molecule has 134 valence electrons. The third-order valence-corrected chi connectivity index (χ3v) is 4.04. The summed E-state index contributed by atoms with van der Waals surface area (Å²) in [7, 11) is 0. The van der Waals surface area contributed by atoms with Crippen LogP contribution in [0.25, 0.3) is 0 Å². The van der Waals surface area contributed by atoms with Gasteiger partial charge in [-0.2, -0.15) is 13.2 Å². The molecule has 0 aliphatic carbocycles. The van der Waals surface area contributed by atoms with E-state index >= 15 is 0 Å². The molecule has 4 nitrogen and oxygen atoms in total. The Bertz CT molecular complexity index is 562. The predicted molar refractivity (Wildman–Crippen MR) is 82.1 cm³/mol. The van der Waals surface area contributed by atoms with Crippen molar-refractivity contribution in [2.45, 2.75) is 51.1 Å². The minimum absolute atomic E-state index is 0.161. The monoisotopic (exact) mass is 345 g/mol. The Morgan fingerprint density at radius 2 is 2.17 bits per heavy atom. The lowest BCUT2D eigenvalue weighted by Crippen LogP contribution is -2.37. The quantitative estimate of drug-likeness (QED) is 0.636. The van der Waals surface area contributed by atoms with Crippen LogP contribution in [-0.2, 0) is 22.3 Å². The molecule has 1 aromatic rings. The molecular weight excluding hydrogens is 323 g/mol. The molecule has 24 heavy (non-hydrogen) atoms. The molecule has 1 fully saturated rings. The van der Waals surface area contributed by atoms with Gasteiger partial charge < -0.3 is 9.84 Å². The summed E-state index contributed by atoms with van der Waals surface area (Å²) in [6, 6.07) is 4.40. The van der Waals surface area contributed by atoms with Gasteiger partial charge in [-0.3, -0.25) is 9.69 Å². The van der Waals surface area contributed by atoms with Crippen LogP contribution in [-0.4, -0.2) is 41.3 Å². The molecule has 0 amide bonds. The van der Waals surface area contributed by atoms with Gasteiger partial charge in [0.1, 0.15) is 6.04 Å². The van der Waals surface area contributed by atoms with E-state index in [0.29, 0.717) is 12.2 Å². The van der Waals surface area contributed by atoms with Crippen molar-refractivity contribution in [1.29, 1.82) is 0 Å². The number of carbonyl (C=O) groups is 1. The van der Waals surface area contributed by atoms with Crippen LogP contribution in [0.2, 0.25) is 0 Å². The number of benzene rings is 1. The van der Waals surface area contributed by atoms with Gasteiger partial charge in [-0.05, 0) is 18.1 Å². The first-order valence-electron chi connectivity index (χ1n) is 8.06. The number of alkyl halides is 3. The maximum absolute atomic E-state index is 12.8. The fraction of sp³-hybridized carbons (Fsp3) is 0.588. The van der Waals surface area contributed by atoms with Crippen LogP contribution < -0.4 is 0 Å². The van der Waals surface area contributed by atoms with Gasteiger partial charge in [0.15, 0.2) is 0 Å². The number of likely N-dealkylation sites (tertiary alicyclic amines) is 1. The molecular formula is C17H22F3NO3. The number of unbranched alkanes of at least 4 members (excludes halogenated alkanes) is 1. The average molecular weight is 345 g/mol. The first kappa shape index (κ1) is 18.7. The summed E-state index contributed by atoms with van der Waals surface area (Å²) in [5, 5.41) is 9.82. The van der Waals surface area contributed by atoms with Gasteiger partial charge >= 0.3 is 12.1 Å². The zero-order valence-electron chi connectivity index (χ0n) is 13.6. The van der Waals surface area contributed by atoms with Crippen molar-refractivity contribution in [3.8, 4) is 0 Å². The second kappa shape index (κ2) is 7.98. The van der Waals surface area contributed by atoms with Gasteiger partial charge in [-0.1, -0.05) is 31.5 Å². The first-order valence-corrected chi connectivity index (χ1v) is 8.06. The number of aliphatic hydroxyl groups is 1. The van der Waals surface area contributed by atoms with Crippen LogP contribution >= 0.6 is 0 Å². The molecule has 0 spiro atoms. The summed E-state index contributed by atoms with van der Waals surface area (Å²) in [4.78, 5) is 13.8. The van der Waals surface area contributed by atoms with Crippen molar-refractivity contribution in [3.63, 3.8) is 0 Å². The van der Waals surface area contributed by atoms with Crippen molar-refractivity contribution in [3.05, 3.63) is 35.4 Å². The normalized spacial score (nSPS) is 21.9. The number of aliphatic hydroxyl groups excluding tert-OH is 1. The fourth-order valence-electron chi connectivity index (χ4n) is 2.79. The number of halogens is 3. The highest BCUT2D eigenvalue weighted by Crippen LogP contribution is 2.30. The van der Waals surface area contributed by atoms with Crippen LogP contribution in [0, 0.1) is 0 Å². The molecule has 1 saturated heterocycles. The van der Waals surface area contributed by atoms with Crippen molar-refractivity contribution in [2.75, 3.05) is 13.2 Å². The van der Waals surface area contributed by atoms with Gasteiger partial charge in [0, 0.05) is 19.5 Å². The van der Waals surface area contributed by atoms with Crippen LogP contribution in [0.1, 0.15) is 37.3 Å². The summed E-state index contributed by atoms with van der Waals surface area (Å²) >= 11 is 0. The molecule has 0 bridgehead atoms. The van der Waals surface area contributed by atoms with E-state index in [1.165, 1.54) is 6.07 Å². The largest absolute Gasteiger partial charge is 0.465 e. The Kier molecular flexibility index (Phi) is 6.23. The highest BCUT2D eigenvalue weighted by molar-refractivity contribution is 5.76. The molecule has 1 aliphatic rings. The predicted octanol–water partition coefficient (Wildman–Crippen LogP) is 2.98. The smallest absolute Gasteiger partial charge is 0.416 e. The third-order valence-electron chi connectivity index (χ3n) is 4.04. The number of esters is 1. The van der Waals surface area contributed by atoms with E-state index in [1.807, 2.05) is 6.92 Å². The molecule has 0 unspecified atom stereocenters. The van der Waals surface area contributed by atoms with E-state index in [1.54, 1.807) is 11.0 Å². The minimum Gasteiger partial charge on any atom is -0.465 e. The summed E-state index contributed by atoms with van der Waals surface area (Å²) in [6.07, 6.45) is -3.19. The summed E-state index contributed by atoms with van der Waals surface area (Å²) in [6.45, 7) is 2.70. The molecule has 7 heteroatoms. The number of nitrogens with zero attached hydrogens (tertiary/aromatic N) is 1. The second-order valence-electron chi connectivity index (χ2n) is 6.05. The van der Waals surface area contributed by atoms with Crippen molar-refractivity contribution < 1.29 is 27.8 Å². The maximum atomic E-state index is 12.8. The zero-order valence-corrected chi connectivity index (χ0v) is 13.6. The fourth-order valence-corrected chi connectivity index (χ4v) is 2.79. The Balaban J connectivity index is 2.05. The molecule has 0 radical (unpaired) electrons. The highest BCUT2D eigenvalue weighted by atomic mass is 19.4. The van der Waals surface area contributed by atoms with E-state index in [2.05, 4.69) is 0 Å². The van der Waals surface area contributed by atoms with Crippen LogP contribution in [0.5, 0.6) is 0 Å². The molecule has 1 aliphatic heterocycles. The standard InChI is InChI=1S/C17H22F3NO3/c1-2-3-7-24-16(23)15-9-14(22)11-21(15)10-12-5-4-6-13(8-12)17(18,19)20/h4-6,8,14-15,22H,2-3,7,9-11H2,1H3/t14-,15-/m1/s1. The van der Waals surface area contributed by atoms with Crippen LogP contribution in [0.15, 0.2) is 24.3 Å². The van der Waals surface area contributed by atoms with Gasteiger partial charge in [-0.15, -0.1) is 0 Å². The molecule has 0 aromatic heterocycles. The van der Waals surface area contributed by atoms with Crippen molar-refractivity contribution >= 4 is 5.97 Å². The minimum atomic E-state index is -4.40. The molecule has 1 N–H and O–H groups in total. The second-order valence-corrected chi connectivity index (χ2v) is 6.05. The van der Waals surface area contributed by atoms with E-state index in [4.69, 9.17) is 4.74 Å². The average Bonchev–Trinajstić information content (AvgIpc) is 2.87. The van der Waals surface area contributed by atoms with Crippen LogP contribution in [0.4, 0.5) is 13.2 Å². The van der Waals surface area contributed by atoms with Gasteiger partial charge in [0.05, 0.1) is 18.3 Å². The van der Waals surface area contributed by atoms with E-state index in [9.17, 15) is 23.1 Å². The molecule has 1 heterocycles. The Hall–Kier alpha value is -1.60. The summed E-state index contributed by atoms with van der Waals surface area (Å²) < 4.78 is 43.6. The van der Waals surface area contributed by atoms with Crippen molar-refractivity contribution in [1.82, 2.24) is 4.90 Å². The Labute approximate surface area is 139 Å². The lowest BCUT2D eigenvalue weighted by atomic mass is 10.1. The number of rotatable bonds is 6. The highest BCUT2D eigenvalue weighted by Gasteiger charge is 2.37. The van der Waals surface area contributed by atoms with Gasteiger partial charge in [0.25, 0.3) is 0 Å². The first-order chi connectivity index (χ1) is 11.3. The SMILES string of the molecule is CCCCOC(=O)[C@H]1C[C@@H](O)CN1Cc1cccc(C(F)(F)F)c1. The van der Waals surface area contributed by atoms with Gasteiger partial charge in [-0.25, -0.2) is 0 Å². The van der Waals surface area contributed by atoms with E-state index < -0.39 is 29.9 Å². The van der Waals surface area contributed by atoms with Crippen LogP contribution in [0.3, 0.4) is 0 Å². The van der Waals surface area contributed by atoms with E-state index in [0.717, 1.165) is 25.0 Å².